The molecule has 0 spiro atoms. The molecule has 0 radical (unpaired) electrons. The average Bonchev–Trinajstić information content (AvgIpc) is 2.48. The van der Waals surface area contributed by atoms with Crippen molar-refractivity contribution >= 4 is 17.5 Å². The van der Waals surface area contributed by atoms with Crippen molar-refractivity contribution in [1.82, 2.24) is 15.3 Å². The molecule has 0 saturated carbocycles. The van der Waals surface area contributed by atoms with E-state index >= 15 is 0 Å². The van der Waals surface area contributed by atoms with Crippen LogP contribution in [-0.4, -0.2) is 54.1 Å². The number of amides is 1. The molecule has 1 aromatic carbocycles. The van der Waals surface area contributed by atoms with Crippen LogP contribution in [0.4, 0.5) is 4.39 Å². The number of benzene rings is 1. The number of hydrogen-bond donors (Lipinski definition) is 1. The Bertz CT molecular complexity index is 555. The highest BCUT2D eigenvalue weighted by Crippen LogP contribution is 2.20. The molecule has 1 saturated heterocycles. The summed E-state index contributed by atoms with van der Waals surface area (Å²) in [6, 6.07) is 4.09. The van der Waals surface area contributed by atoms with Gasteiger partial charge in [-0.3, -0.25) is 15.1 Å². The molecule has 0 aromatic heterocycles. The van der Waals surface area contributed by atoms with Crippen molar-refractivity contribution in [3.8, 4) is 5.75 Å². The van der Waals surface area contributed by atoms with Crippen molar-refractivity contribution in [2.24, 2.45) is 0 Å². The summed E-state index contributed by atoms with van der Waals surface area (Å²) in [4.78, 5) is 14.3. The predicted octanol–water partition coefficient (Wildman–Crippen LogP) is 2.31. The zero-order chi connectivity index (χ0) is 17.0. The number of halogens is 2. The van der Waals surface area contributed by atoms with Crippen LogP contribution in [0.2, 0.25) is 5.02 Å². The van der Waals surface area contributed by atoms with E-state index in [0.29, 0.717) is 0 Å². The molecule has 0 aliphatic carbocycles. The molecule has 1 aromatic rings. The second-order valence-corrected chi connectivity index (χ2v) is 6.95. The number of carbonyl (C=O) groups excluding carboxylic acids is 1. The smallest absolute Gasteiger partial charge is 0.272 e. The standard InChI is InChI=1S/C16H23ClFN3O2/c1-16(2,3)20-6-8-21(9-7-20)19-15(22)11-23-12-4-5-13(17)14(18)10-12/h4-5,10H,6-9,11H2,1-3H3,(H,19,22). The first-order valence-electron chi connectivity index (χ1n) is 7.63. The van der Waals surface area contributed by atoms with Crippen LogP contribution in [0.5, 0.6) is 5.75 Å². The second kappa shape index (κ2) is 7.47. The lowest BCUT2D eigenvalue weighted by atomic mass is 10.1. The molecule has 128 valence electrons. The predicted molar refractivity (Wildman–Crippen MR) is 87.9 cm³/mol. The zero-order valence-electron chi connectivity index (χ0n) is 13.7. The second-order valence-electron chi connectivity index (χ2n) is 6.54. The van der Waals surface area contributed by atoms with Gasteiger partial charge >= 0.3 is 0 Å². The van der Waals surface area contributed by atoms with E-state index in [0.717, 1.165) is 32.2 Å². The largest absolute Gasteiger partial charge is 0.484 e. The Morgan fingerprint density at radius 2 is 1.96 bits per heavy atom. The number of piperazine rings is 1. The maximum Gasteiger partial charge on any atom is 0.272 e. The fourth-order valence-corrected chi connectivity index (χ4v) is 2.53. The number of hydrogen-bond acceptors (Lipinski definition) is 4. The van der Waals surface area contributed by atoms with Gasteiger partial charge < -0.3 is 4.74 Å². The average molecular weight is 344 g/mol. The zero-order valence-corrected chi connectivity index (χ0v) is 14.5. The molecule has 0 unspecified atom stereocenters. The van der Waals surface area contributed by atoms with Crippen LogP contribution in [0.1, 0.15) is 20.8 Å². The van der Waals surface area contributed by atoms with Crippen molar-refractivity contribution in [3.63, 3.8) is 0 Å². The van der Waals surface area contributed by atoms with Gasteiger partial charge in [-0.05, 0) is 32.9 Å². The number of hydrazine groups is 1. The number of rotatable bonds is 4. The van der Waals surface area contributed by atoms with Crippen LogP contribution < -0.4 is 10.2 Å². The molecule has 1 aliphatic heterocycles. The van der Waals surface area contributed by atoms with Crippen molar-refractivity contribution < 1.29 is 13.9 Å². The third kappa shape index (κ3) is 5.34. The molecule has 1 fully saturated rings. The van der Waals surface area contributed by atoms with Gasteiger partial charge in [-0.1, -0.05) is 11.6 Å². The monoisotopic (exact) mass is 343 g/mol. The van der Waals surface area contributed by atoms with Gasteiger partial charge in [0.25, 0.3) is 5.91 Å². The summed E-state index contributed by atoms with van der Waals surface area (Å²) in [6.45, 7) is 9.69. The van der Waals surface area contributed by atoms with Crippen molar-refractivity contribution in [2.75, 3.05) is 32.8 Å². The maximum atomic E-state index is 13.3. The fourth-order valence-electron chi connectivity index (χ4n) is 2.41. The minimum atomic E-state index is -0.567. The number of carbonyl (C=O) groups is 1. The van der Waals surface area contributed by atoms with E-state index in [-0.39, 0.29) is 28.8 Å². The lowest BCUT2D eigenvalue weighted by Crippen LogP contribution is -2.58. The van der Waals surface area contributed by atoms with Gasteiger partial charge in [0.05, 0.1) is 5.02 Å². The Balaban J connectivity index is 1.74. The molecule has 1 heterocycles. The van der Waals surface area contributed by atoms with E-state index in [2.05, 4.69) is 31.1 Å². The van der Waals surface area contributed by atoms with Gasteiger partial charge in [-0.15, -0.1) is 0 Å². The minimum absolute atomic E-state index is 0.0264. The van der Waals surface area contributed by atoms with Crippen molar-refractivity contribution in [2.45, 2.75) is 26.3 Å². The molecule has 1 aliphatic rings. The third-order valence-corrected chi connectivity index (χ3v) is 4.08. The quantitative estimate of drug-likeness (QED) is 0.911. The topological polar surface area (TPSA) is 44.8 Å². The SMILES string of the molecule is CC(C)(C)N1CCN(NC(=O)COc2ccc(Cl)c(F)c2)CC1. The Hall–Kier alpha value is -1.37. The molecular formula is C16H23ClFN3O2. The van der Waals surface area contributed by atoms with E-state index in [1.807, 2.05) is 5.01 Å². The van der Waals surface area contributed by atoms with Gasteiger partial charge in [-0.2, -0.15) is 0 Å². The van der Waals surface area contributed by atoms with Crippen molar-refractivity contribution in [3.05, 3.63) is 29.0 Å². The van der Waals surface area contributed by atoms with E-state index in [1.165, 1.54) is 12.1 Å². The highest BCUT2D eigenvalue weighted by Gasteiger charge is 2.26. The van der Waals surface area contributed by atoms with Crippen LogP contribution >= 0.6 is 11.6 Å². The van der Waals surface area contributed by atoms with Crippen molar-refractivity contribution in [1.29, 1.82) is 0 Å². The van der Waals surface area contributed by atoms with Crippen LogP contribution in [0.3, 0.4) is 0 Å². The number of nitrogens with one attached hydrogen (secondary N) is 1. The molecule has 2 rings (SSSR count). The highest BCUT2D eigenvalue weighted by molar-refractivity contribution is 6.30. The molecule has 5 nitrogen and oxygen atoms in total. The summed E-state index contributed by atoms with van der Waals surface area (Å²) in [5.74, 6) is -0.549. The Kier molecular flexibility index (Phi) is 5.84. The molecule has 0 bridgehead atoms. The summed E-state index contributed by atoms with van der Waals surface area (Å²) in [5.41, 5.74) is 2.95. The van der Waals surface area contributed by atoms with Gasteiger partial charge in [0, 0.05) is 37.8 Å². The lowest BCUT2D eigenvalue weighted by Gasteiger charge is -2.42. The van der Waals surface area contributed by atoms with E-state index in [1.54, 1.807) is 0 Å². The number of nitrogens with zero attached hydrogens (tertiary/aromatic N) is 2. The fraction of sp³-hybridized carbons (Fsp3) is 0.562. The molecule has 0 atom stereocenters. The molecule has 23 heavy (non-hydrogen) atoms. The summed E-state index contributed by atoms with van der Waals surface area (Å²) >= 11 is 5.60. The van der Waals surface area contributed by atoms with E-state index < -0.39 is 5.82 Å². The summed E-state index contributed by atoms with van der Waals surface area (Å²) in [6.07, 6.45) is 0. The van der Waals surface area contributed by atoms with E-state index in [4.69, 9.17) is 16.3 Å². The summed E-state index contributed by atoms with van der Waals surface area (Å²) in [7, 11) is 0. The molecule has 7 heteroatoms. The van der Waals surface area contributed by atoms with E-state index in [9.17, 15) is 9.18 Å². The van der Waals surface area contributed by atoms with Gasteiger partial charge in [0.1, 0.15) is 11.6 Å². The first-order valence-corrected chi connectivity index (χ1v) is 8.01. The highest BCUT2D eigenvalue weighted by atomic mass is 35.5. The molecule has 1 amide bonds. The molecule has 1 N–H and O–H groups in total. The summed E-state index contributed by atoms with van der Waals surface area (Å²) in [5, 5.41) is 1.91. The van der Waals surface area contributed by atoms with Gasteiger partial charge in [-0.25, -0.2) is 9.40 Å². The maximum absolute atomic E-state index is 13.3. The number of ether oxygens (including phenoxy) is 1. The van der Waals surface area contributed by atoms with Crippen LogP contribution in [0.25, 0.3) is 0 Å². The van der Waals surface area contributed by atoms with Crippen LogP contribution in [-0.2, 0) is 4.79 Å². The lowest BCUT2D eigenvalue weighted by molar-refractivity contribution is -0.129. The third-order valence-electron chi connectivity index (χ3n) is 3.77. The normalized spacial score (nSPS) is 17.1. The Morgan fingerprint density at radius 1 is 1.30 bits per heavy atom. The Labute approximate surface area is 141 Å². The van der Waals surface area contributed by atoms with Crippen LogP contribution in [0.15, 0.2) is 18.2 Å². The van der Waals surface area contributed by atoms with Gasteiger partial charge in [0.2, 0.25) is 0 Å². The Morgan fingerprint density at radius 3 is 2.52 bits per heavy atom. The van der Waals surface area contributed by atoms with Crippen LogP contribution in [0, 0.1) is 5.82 Å². The summed E-state index contributed by atoms with van der Waals surface area (Å²) < 4.78 is 18.6. The molecular weight excluding hydrogens is 321 g/mol. The first kappa shape index (κ1) is 18.0. The first-order chi connectivity index (χ1) is 10.8. The minimum Gasteiger partial charge on any atom is -0.484 e. The van der Waals surface area contributed by atoms with Gasteiger partial charge in [0.15, 0.2) is 6.61 Å².